The molecule has 12 nitrogen and oxygen atoms in total. The highest BCUT2D eigenvalue weighted by Crippen LogP contribution is 2.46. The van der Waals surface area contributed by atoms with E-state index in [1.807, 2.05) is 73.6 Å². The van der Waals surface area contributed by atoms with E-state index in [1.165, 1.54) is 10.5 Å². The lowest BCUT2D eigenvalue weighted by molar-refractivity contribution is -0.383. The van der Waals surface area contributed by atoms with E-state index < -0.39 is 4.92 Å². The van der Waals surface area contributed by atoms with E-state index in [0.29, 0.717) is 50.0 Å². The molecular formula is C40H26N8O4. The maximum absolute atomic E-state index is 14.4. The molecular weight excluding hydrogens is 656 g/mol. The fourth-order valence-electron chi connectivity index (χ4n) is 8.62. The normalized spacial score (nSPS) is 12.6. The summed E-state index contributed by atoms with van der Waals surface area (Å²) in [5.41, 5.74) is 10.5. The molecule has 7 aromatic carbocycles. The number of imidazole rings is 2. The number of hydrogen-bond donors (Lipinski definition) is 1. The summed E-state index contributed by atoms with van der Waals surface area (Å²) in [4.78, 5) is 54.0. The second kappa shape index (κ2) is 9.17. The molecule has 52 heavy (non-hydrogen) atoms. The molecule has 0 aliphatic carbocycles. The van der Waals surface area contributed by atoms with Crippen LogP contribution in [0.4, 0.5) is 22.7 Å². The standard InChI is InChI=1S/C40H26N8O4/c1-44(2)17-13-27(41)35-28(14-17)46-37(42-35)23-9-5-19-22-8-12-26-34-24(10-6-20(32(22)34)21-7-11-25(39(46)49)33(23)31(19)21)38-43-36-29(47(38)40(26)50)15-18(45(3)4)16-30(36)48(51)52/h5-16H,41H2,1-4H3. The van der Waals surface area contributed by atoms with Crippen LogP contribution in [-0.4, -0.2) is 51.9 Å². The first-order chi connectivity index (χ1) is 25.0. The van der Waals surface area contributed by atoms with Crippen molar-refractivity contribution in [1.29, 1.82) is 0 Å². The fourth-order valence-corrected chi connectivity index (χ4v) is 8.62. The van der Waals surface area contributed by atoms with Crippen molar-refractivity contribution in [2.75, 3.05) is 43.7 Å². The zero-order valence-electron chi connectivity index (χ0n) is 28.3. The molecule has 4 aromatic heterocycles. The Labute approximate surface area is 291 Å². The highest BCUT2D eigenvalue weighted by molar-refractivity contribution is 6.40. The van der Waals surface area contributed by atoms with Gasteiger partial charge in [-0.1, -0.05) is 24.3 Å². The van der Waals surface area contributed by atoms with Crippen LogP contribution in [0, 0.1) is 10.1 Å². The number of nitro groups is 1. The second-order valence-corrected chi connectivity index (χ2v) is 14.1. The molecule has 11 rings (SSSR count). The Bertz CT molecular complexity index is 3550. The predicted octanol–water partition coefficient (Wildman–Crippen LogP) is 6.86. The average Bonchev–Trinajstić information content (AvgIpc) is 3.72. The summed E-state index contributed by atoms with van der Waals surface area (Å²) in [5.74, 6) is 0. The van der Waals surface area contributed by atoms with Crippen LogP contribution in [0.5, 0.6) is 0 Å². The van der Waals surface area contributed by atoms with Gasteiger partial charge >= 0.3 is 0 Å². The van der Waals surface area contributed by atoms with Gasteiger partial charge in [-0.3, -0.25) is 28.5 Å². The van der Waals surface area contributed by atoms with Crippen molar-refractivity contribution in [3.63, 3.8) is 0 Å². The third kappa shape index (κ3) is 3.23. The summed E-state index contributed by atoms with van der Waals surface area (Å²) in [5, 5.41) is 22.0. The maximum atomic E-state index is 14.4. The van der Waals surface area contributed by atoms with Gasteiger partial charge in [-0.15, -0.1) is 0 Å². The number of nitrogens with two attached hydrogens (primary N) is 1. The molecule has 4 heterocycles. The Morgan fingerprint density at radius 3 is 1.42 bits per heavy atom. The Kier molecular flexibility index (Phi) is 5.07. The number of anilines is 3. The monoisotopic (exact) mass is 682 g/mol. The number of nitrogen functional groups attached to an aromatic ring is 1. The number of pyridine rings is 2. The largest absolute Gasteiger partial charge is 0.397 e. The summed E-state index contributed by atoms with van der Waals surface area (Å²) in [7, 11) is 7.46. The molecule has 0 fully saturated rings. The summed E-state index contributed by atoms with van der Waals surface area (Å²) < 4.78 is 3.17. The zero-order chi connectivity index (χ0) is 35.6. The maximum Gasteiger partial charge on any atom is 0.299 e. The van der Waals surface area contributed by atoms with Crippen molar-refractivity contribution < 1.29 is 4.92 Å². The molecule has 0 spiro atoms. The molecule has 0 aliphatic heterocycles. The Balaban J connectivity index is 1.30. The van der Waals surface area contributed by atoms with Gasteiger partial charge < -0.3 is 15.5 Å². The van der Waals surface area contributed by atoms with Crippen molar-refractivity contribution in [1.82, 2.24) is 18.8 Å². The lowest BCUT2D eigenvalue weighted by Gasteiger charge is -2.18. The minimum atomic E-state index is -0.453. The van der Waals surface area contributed by atoms with Gasteiger partial charge in [0, 0.05) is 77.9 Å². The third-order valence-corrected chi connectivity index (χ3v) is 11.0. The quantitative estimate of drug-likeness (QED) is 0.0694. The van der Waals surface area contributed by atoms with Gasteiger partial charge in [0.25, 0.3) is 16.8 Å². The van der Waals surface area contributed by atoms with Crippen molar-refractivity contribution in [3.05, 3.63) is 104 Å². The van der Waals surface area contributed by atoms with Gasteiger partial charge in [-0.05, 0) is 74.8 Å². The van der Waals surface area contributed by atoms with E-state index in [-0.39, 0.29) is 22.3 Å². The molecule has 0 atom stereocenters. The topological polar surface area (TPSA) is 144 Å². The van der Waals surface area contributed by atoms with Gasteiger partial charge in [0.05, 0.1) is 21.6 Å². The second-order valence-electron chi connectivity index (χ2n) is 14.1. The first kappa shape index (κ1) is 28.7. The number of nitro benzene ring substituents is 1. The lowest BCUT2D eigenvalue weighted by Crippen LogP contribution is -2.14. The number of fused-ring (bicyclic) bond motifs is 10. The van der Waals surface area contributed by atoms with Crippen LogP contribution in [0.25, 0.3) is 98.0 Å². The van der Waals surface area contributed by atoms with Crippen LogP contribution in [-0.2, 0) is 0 Å². The molecule has 0 saturated heterocycles. The van der Waals surface area contributed by atoms with Gasteiger partial charge in [0.1, 0.15) is 16.8 Å². The van der Waals surface area contributed by atoms with E-state index in [4.69, 9.17) is 15.7 Å². The molecule has 0 radical (unpaired) electrons. The fraction of sp³-hybridized carbons (Fsp3) is 0.100. The Morgan fingerprint density at radius 2 is 0.962 bits per heavy atom. The molecule has 11 aromatic rings. The van der Waals surface area contributed by atoms with Crippen molar-refractivity contribution in [2.45, 2.75) is 0 Å². The molecule has 0 saturated carbocycles. The average molecular weight is 683 g/mol. The molecule has 0 unspecified atom stereocenters. The smallest absolute Gasteiger partial charge is 0.299 e. The number of non-ortho nitro benzene ring substituents is 1. The Morgan fingerprint density at radius 1 is 0.577 bits per heavy atom. The van der Waals surface area contributed by atoms with E-state index in [2.05, 4.69) is 6.07 Å². The summed E-state index contributed by atoms with van der Waals surface area (Å²) in [6, 6.07) is 22.8. The van der Waals surface area contributed by atoms with Crippen LogP contribution in [0.2, 0.25) is 0 Å². The van der Waals surface area contributed by atoms with Crippen LogP contribution in [0.3, 0.4) is 0 Å². The number of benzene rings is 7. The number of nitrogens with zero attached hydrogens (tertiary/aromatic N) is 7. The molecule has 250 valence electrons. The highest BCUT2D eigenvalue weighted by Gasteiger charge is 2.26. The SMILES string of the molecule is CN(C)c1cc(N)c2nc3c4ccc5c6ccc7c(=O)n8c9cc(N(C)C)cc([N+](=O)[O-])c9nc8c8ccc(c9ccc(c(=O)n3c2c1)c4c59)c6c78. The van der Waals surface area contributed by atoms with Crippen LogP contribution in [0.1, 0.15) is 0 Å². The van der Waals surface area contributed by atoms with Crippen molar-refractivity contribution in [2.24, 2.45) is 0 Å². The van der Waals surface area contributed by atoms with Gasteiger partial charge in [-0.25, -0.2) is 9.97 Å². The van der Waals surface area contributed by atoms with E-state index in [1.54, 1.807) is 29.5 Å². The molecule has 0 aliphatic rings. The third-order valence-electron chi connectivity index (χ3n) is 11.0. The Hall–Kier alpha value is -7.08. The first-order valence-electron chi connectivity index (χ1n) is 16.7. The molecule has 0 bridgehead atoms. The lowest BCUT2D eigenvalue weighted by atomic mass is 9.86. The molecule has 0 amide bonds. The number of rotatable bonds is 3. The zero-order valence-corrected chi connectivity index (χ0v) is 28.3. The van der Waals surface area contributed by atoms with Crippen molar-refractivity contribution >= 4 is 121 Å². The minimum Gasteiger partial charge on any atom is -0.397 e. The highest BCUT2D eigenvalue weighted by atomic mass is 16.6. The van der Waals surface area contributed by atoms with Crippen LogP contribution in [0.15, 0.2) is 82.4 Å². The summed E-state index contributed by atoms with van der Waals surface area (Å²) >= 11 is 0. The summed E-state index contributed by atoms with van der Waals surface area (Å²) in [6.45, 7) is 0. The van der Waals surface area contributed by atoms with E-state index in [9.17, 15) is 19.7 Å². The van der Waals surface area contributed by atoms with E-state index in [0.717, 1.165) is 59.5 Å². The summed E-state index contributed by atoms with van der Waals surface area (Å²) in [6.07, 6.45) is 0. The number of aromatic nitrogens is 4. The first-order valence-corrected chi connectivity index (χ1v) is 16.7. The minimum absolute atomic E-state index is 0.160. The van der Waals surface area contributed by atoms with Gasteiger partial charge in [-0.2, -0.15) is 0 Å². The molecule has 12 heteroatoms. The van der Waals surface area contributed by atoms with Crippen LogP contribution < -0.4 is 26.7 Å². The van der Waals surface area contributed by atoms with E-state index >= 15 is 0 Å². The van der Waals surface area contributed by atoms with Crippen molar-refractivity contribution in [3.8, 4) is 0 Å². The van der Waals surface area contributed by atoms with Gasteiger partial charge in [0.15, 0.2) is 5.52 Å². The molecule has 2 N–H and O–H groups in total. The van der Waals surface area contributed by atoms with Crippen LogP contribution >= 0.6 is 0 Å². The number of hydrogen-bond acceptors (Lipinski definition) is 9. The predicted molar refractivity (Wildman–Crippen MR) is 210 cm³/mol. The van der Waals surface area contributed by atoms with Gasteiger partial charge in [0.2, 0.25) is 0 Å².